The number of nitrogens with one attached hydrogen (secondary N) is 8. The monoisotopic (exact) mass is 1390 g/mol. The number of aliphatic hydroxyl groups excluding tert-OH is 9. The highest BCUT2D eigenvalue weighted by Gasteiger charge is 2.52. The summed E-state index contributed by atoms with van der Waals surface area (Å²) in [5.74, 6) is -5.54. The Morgan fingerprint density at radius 2 is 1.02 bits per heavy atom. The van der Waals surface area contributed by atoms with Gasteiger partial charge in [0.25, 0.3) is 0 Å². The van der Waals surface area contributed by atoms with Gasteiger partial charge in [-0.05, 0) is 50.3 Å². The molecule has 17 atom stereocenters. The first-order valence-corrected chi connectivity index (χ1v) is 34.0. The third-order valence-electron chi connectivity index (χ3n) is 15.6. The zero-order valence-electron chi connectivity index (χ0n) is 53.5. The fraction of sp³-hybridized carbons (Fsp3) is 0.857. The van der Waals surface area contributed by atoms with Crippen LogP contribution in [-0.4, -0.2) is 313 Å². The zero-order chi connectivity index (χ0) is 69.7. The van der Waals surface area contributed by atoms with E-state index in [1.54, 1.807) is 13.8 Å². The molecule has 542 valence electrons. The second-order valence-corrected chi connectivity index (χ2v) is 27.2. The normalized spacial score (nSPS) is 30.0. The molecule has 1 saturated carbocycles. The standard InChI is InChI=1S/C56H99N8O28PS/c1-30(2)93(82,94)92-35-8-6-34(7-9-35)51(79)63-37(53(81)59-16-19-85-22-25-89-56(64-33(5)70)29-88-38(26-65)47(75)50(56)78)11-13-42(72)62-36(52(80)58-15-18-84-21-24-87-55-44(61-32(4)69)49(77)46(74)40(28-67)91-55)10-12-41(71)57-14-17-83-20-23-86-54-43(60-31(3)68)48(76)45(73)39(27-66)90-54/h30,34-40,43-50,54-55,65-67,73-78H,6-29H2,1-5H3,(H,57,71)(H,58,80)(H,59,81)(H,60,68)(H,61,69)(H,62,72)(H,63,79)(H,64,70)(H,82,94). The summed E-state index contributed by atoms with van der Waals surface area (Å²) < 4.78 is 56.1. The summed E-state index contributed by atoms with van der Waals surface area (Å²) in [6, 6.07) is -5.03. The summed E-state index contributed by atoms with van der Waals surface area (Å²) in [4.78, 5) is 115. The fourth-order valence-electron chi connectivity index (χ4n) is 10.4. The van der Waals surface area contributed by atoms with Crippen molar-refractivity contribution < 1.29 is 136 Å². The molecule has 4 rings (SSSR count). The molecule has 0 bridgehead atoms. The highest BCUT2D eigenvalue weighted by atomic mass is 32.5. The number of hydrogen-bond donors (Lipinski definition) is 18. The average Bonchev–Trinajstić information content (AvgIpc) is 0.803. The quantitative estimate of drug-likeness (QED) is 0.0154. The first-order valence-electron chi connectivity index (χ1n) is 31.3. The van der Waals surface area contributed by atoms with Gasteiger partial charge in [-0.25, -0.2) is 0 Å². The summed E-state index contributed by atoms with van der Waals surface area (Å²) in [6.45, 7) is 0.200. The van der Waals surface area contributed by atoms with Gasteiger partial charge in [-0.1, -0.05) is 13.8 Å². The maximum Gasteiger partial charge on any atom is 0.242 e. The summed E-state index contributed by atoms with van der Waals surface area (Å²) in [6.07, 6.45) is -15.7. The van der Waals surface area contributed by atoms with Crippen molar-refractivity contribution in [2.45, 2.75) is 195 Å². The van der Waals surface area contributed by atoms with Crippen molar-refractivity contribution >= 4 is 65.6 Å². The van der Waals surface area contributed by atoms with Gasteiger partial charge in [0.05, 0.1) is 92.0 Å². The first kappa shape index (κ1) is 82.0. The third-order valence-corrected chi connectivity index (χ3v) is 19.1. The van der Waals surface area contributed by atoms with Crippen LogP contribution in [-0.2, 0) is 97.3 Å². The van der Waals surface area contributed by atoms with E-state index in [-0.39, 0.29) is 110 Å². The van der Waals surface area contributed by atoms with Crippen molar-refractivity contribution in [2.24, 2.45) is 5.92 Å². The van der Waals surface area contributed by atoms with E-state index in [1.807, 2.05) is 0 Å². The molecule has 0 aromatic carbocycles. The number of ether oxygens (including phenoxy) is 9. The summed E-state index contributed by atoms with van der Waals surface area (Å²) in [5.41, 5.74) is -2.17. The molecule has 17 unspecified atom stereocenters. The third kappa shape index (κ3) is 26.8. The smallest absolute Gasteiger partial charge is 0.242 e. The van der Waals surface area contributed by atoms with Crippen molar-refractivity contribution in [3.8, 4) is 0 Å². The average molecular weight is 1400 g/mol. The maximum absolute atomic E-state index is 13.9. The van der Waals surface area contributed by atoms with Gasteiger partial charge in [0, 0.05) is 64.8 Å². The SMILES string of the molecule is CC(=O)NC1C(OCCOCCNC(=O)CCC(NC(=O)CCC(NC(=O)C2CCC(OP(O)(=S)C(C)C)CC2)C(=O)NCCOCCOC2(NC(C)=O)COC(CO)C(O)C2O)C(=O)NCCOCCOC2OC(CO)C(O)C(O)C2NC(C)=O)OC(CO)C(O)C1O. The molecule has 18 N–H and O–H groups in total. The molecule has 3 saturated heterocycles. The van der Waals surface area contributed by atoms with E-state index >= 15 is 0 Å². The highest BCUT2D eigenvalue weighted by Crippen LogP contribution is 2.50. The summed E-state index contributed by atoms with van der Waals surface area (Å²) in [7, 11) is 0. The molecule has 3 heterocycles. The predicted octanol–water partition coefficient (Wildman–Crippen LogP) is -7.92. The van der Waals surface area contributed by atoms with Gasteiger partial charge in [0.1, 0.15) is 79.1 Å². The number of amides is 8. The maximum atomic E-state index is 13.9. The number of aliphatic hydroxyl groups is 9. The van der Waals surface area contributed by atoms with Crippen molar-refractivity contribution in [3.63, 3.8) is 0 Å². The Labute approximate surface area is 549 Å². The van der Waals surface area contributed by atoms with Crippen molar-refractivity contribution in [2.75, 3.05) is 106 Å². The van der Waals surface area contributed by atoms with E-state index in [4.69, 9.17) is 59.0 Å². The van der Waals surface area contributed by atoms with Crippen LogP contribution in [0.2, 0.25) is 0 Å². The van der Waals surface area contributed by atoms with Crippen LogP contribution in [0.15, 0.2) is 0 Å². The van der Waals surface area contributed by atoms with E-state index in [0.717, 1.165) is 6.92 Å². The Balaban J connectivity index is 1.37. The number of hydrogen-bond acceptors (Lipinski definition) is 28. The van der Waals surface area contributed by atoms with Gasteiger partial charge in [0.15, 0.2) is 24.8 Å². The second kappa shape index (κ2) is 41.8. The Bertz CT molecular complexity index is 2430. The van der Waals surface area contributed by atoms with Gasteiger partial charge in [-0.15, -0.1) is 0 Å². The van der Waals surface area contributed by atoms with Crippen LogP contribution in [0.3, 0.4) is 0 Å². The fourth-order valence-corrected chi connectivity index (χ4v) is 11.6. The Hall–Kier alpha value is -4.39. The zero-order valence-corrected chi connectivity index (χ0v) is 55.2. The Kier molecular flexibility index (Phi) is 36.5. The van der Waals surface area contributed by atoms with Crippen LogP contribution >= 0.6 is 6.49 Å². The molecule has 0 aromatic heterocycles. The van der Waals surface area contributed by atoms with E-state index < -0.39 is 190 Å². The van der Waals surface area contributed by atoms with Crippen LogP contribution in [0.25, 0.3) is 0 Å². The molecule has 3 aliphatic heterocycles. The van der Waals surface area contributed by atoms with E-state index in [9.17, 15) is 89.2 Å². The van der Waals surface area contributed by atoms with Crippen LogP contribution in [0, 0.1) is 5.92 Å². The summed E-state index contributed by atoms with van der Waals surface area (Å²) >= 11 is 5.32. The van der Waals surface area contributed by atoms with E-state index in [2.05, 4.69) is 42.5 Å². The van der Waals surface area contributed by atoms with E-state index in [1.165, 1.54) is 13.8 Å². The molecular formula is C56H99N8O28PS. The lowest BCUT2D eigenvalue weighted by molar-refractivity contribution is -0.272. The van der Waals surface area contributed by atoms with Crippen molar-refractivity contribution in [1.82, 2.24) is 42.5 Å². The molecule has 8 amide bonds. The molecule has 1 aliphatic carbocycles. The molecule has 94 heavy (non-hydrogen) atoms. The van der Waals surface area contributed by atoms with Gasteiger partial charge in [-0.3, -0.25) is 38.4 Å². The van der Waals surface area contributed by atoms with Crippen LogP contribution in [0.5, 0.6) is 0 Å². The Morgan fingerprint density at radius 3 is 1.48 bits per heavy atom. The molecule has 38 heteroatoms. The van der Waals surface area contributed by atoms with E-state index in [0.29, 0.717) is 25.7 Å². The summed E-state index contributed by atoms with van der Waals surface area (Å²) in [5, 5.41) is 112. The van der Waals surface area contributed by atoms with Gasteiger partial charge in [0.2, 0.25) is 47.3 Å². The minimum atomic E-state index is -3.09. The first-order chi connectivity index (χ1) is 44.6. The molecular weight excluding hydrogens is 1300 g/mol. The largest absolute Gasteiger partial charge is 0.394 e. The lowest BCUT2D eigenvalue weighted by Gasteiger charge is -2.45. The minimum absolute atomic E-state index is 0.0250. The van der Waals surface area contributed by atoms with Crippen LogP contribution in [0.4, 0.5) is 0 Å². The minimum Gasteiger partial charge on any atom is -0.394 e. The molecule has 36 nitrogen and oxygen atoms in total. The van der Waals surface area contributed by atoms with Crippen molar-refractivity contribution in [1.29, 1.82) is 0 Å². The highest BCUT2D eigenvalue weighted by molar-refractivity contribution is 8.09. The predicted molar refractivity (Wildman–Crippen MR) is 326 cm³/mol. The molecule has 0 radical (unpaired) electrons. The van der Waals surface area contributed by atoms with Crippen LogP contribution in [0.1, 0.15) is 86.0 Å². The van der Waals surface area contributed by atoms with Crippen molar-refractivity contribution in [3.05, 3.63) is 0 Å². The molecule has 0 aromatic rings. The number of rotatable bonds is 41. The molecule has 4 fully saturated rings. The lowest BCUT2D eigenvalue weighted by atomic mass is 9.86. The lowest BCUT2D eigenvalue weighted by Crippen LogP contribution is -2.70. The van der Waals surface area contributed by atoms with Gasteiger partial charge < -0.3 is 141 Å². The second-order valence-electron chi connectivity index (χ2n) is 23.3. The Morgan fingerprint density at radius 1 is 0.564 bits per heavy atom. The van der Waals surface area contributed by atoms with Gasteiger partial charge in [-0.2, -0.15) is 0 Å². The van der Waals surface area contributed by atoms with Crippen LogP contribution < -0.4 is 42.5 Å². The number of carbonyl (C=O) groups is 8. The topological polar surface area (TPSA) is 527 Å². The van der Waals surface area contributed by atoms with Gasteiger partial charge >= 0.3 is 0 Å². The molecule has 0 spiro atoms. The number of carbonyl (C=O) groups excluding carboxylic acids is 8. The molecule has 4 aliphatic rings.